The van der Waals surface area contributed by atoms with Crippen LogP contribution in [0.1, 0.15) is 40.5 Å². The van der Waals surface area contributed by atoms with Gasteiger partial charge in [-0.2, -0.15) is 0 Å². The van der Waals surface area contributed by atoms with Crippen LogP contribution in [0.25, 0.3) is 10.2 Å². The number of hydrogen-bond donors (Lipinski definition) is 2. The number of amides is 1. The first kappa shape index (κ1) is 21.7. The summed E-state index contributed by atoms with van der Waals surface area (Å²) in [5, 5.41) is 6.18. The van der Waals surface area contributed by atoms with Crippen molar-refractivity contribution in [3.63, 3.8) is 0 Å². The number of anilines is 1. The summed E-state index contributed by atoms with van der Waals surface area (Å²) in [5.74, 6) is -0.0208. The Bertz CT molecular complexity index is 1060. The molecule has 9 heteroatoms. The summed E-state index contributed by atoms with van der Waals surface area (Å²) in [6, 6.07) is 12.0. The van der Waals surface area contributed by atoms with Crippen LogP contribution in [0.5, 0.6) is 5.75 Å². The van der Waals surface area contributed by atoms with E-state index in [0.717, 1.165) is 23.3 Å². The molecule has 0 saturated heterocycles. The van der Waals surface area contributed by atoms with Gasteiger partial charge in [0.25, 0.3) is 5.91 Å². The highest BCUT2D eigenvalue weighted by atomic mass is 32.1. The Morgan fingerprint density at radius 3 is 2.57 bits per heavy atom. The normalized spacial score (nSPS) is 10.5. The van der Waals surface area contributed by atoms with Crippen molar-refractivity contribution in [2.24, 2.45) is 0 Å². The molecule has 0 spiro atoms. The van der Waals surface area contributed by atoms with Crippen molar-refractivity contribution >= 4 is 55.9 Å². The van der Waals surface area contributed by atoms with Crippen LogP contribution >= 0.6 is 23.6 Å². The minimum Gasteiger partial charge on any atom is -0.494 e. The Hall–Kier alpha value is -3.04. The van der Waals surface area contributed by atoms with Gasteiger partial charge in [-0.05, 0) is 61.1 Å². The molecule has 0 unspecified atom stereocenters. The molecular formula is C21H21N3O4S2. The SMILES string of the molecule is CCCCOc1ccc(C(=O)NC(=S)Nc2nc3ccc(C(=O)OC)cc3s2)cc1. The standard InChI is InChI=1S/C21H21N3O4S2/c1-3-4-11-28-15-8-5-13(6-9-15)18(25)23-20(29)24-21-22-16-10-7-14(19(26)27-2)12-17(16)30-21/h5-10,12H,3-4,11H2,1-2H3,(H2,22,23,24,25,29). The number of esters is 1. The second-order valence-electron chi connectivity index (χ2n) is 6.33. The summed E-state index contributed by atoms with van der Waals surface area (Å²) in [7, 11) is 1.33. The first-order chi connectivity index (χ1) is 14.5. The number of thiazole rings is 1. The topological polar surface area (TPSA) is 89.5 Å². The molecule has 0 fully saturated rings. The van der Waals surface area contributed by atoms with Gasteiger partial charge in [0, 0.05) is 5.56 Å². The van der Waals surface area contributed by atoms with Gasteiger partial charge >= 0.3 is 5.97 Å². The van der Waals surface area contributed by atoms with Crippen LogP contribution in [0.2, 0.25) is 0 Å². The molecular weight excluding hydrogens is 422 g/mol. The van der Waals surface area contributed by atoms with Gasteiger partial charge in [0.15, 0.2) is 10.2 Å². The smallest absolute Gasteiger partial charge is 0.337 e. The van der Waals surface area contributed by atoms with Gasteiger partial charge in [0.1, 0.15) is 5.75 Å². The Kier molecular flexibility index (Phi) is 7.31. The zero-order chi connectivity index (χ0) is 21.5. The second kappa shape index (κ2) is 10.1. The maximum Gasteiger partial charge on any atom is 0.337 e. The van der Waals surface area contributed by atoms with Gasteiger partial charge in [-0.3, -0.25) is 10.1 Å². The molecule has 0 aliphatic carbocycles. The molecule has 7 nitrogen and oxygen atoms in total. The van der Waals surface area contributed by atoms with Crippen LogP contribution in [0.15, 0.2) is 42.5 Å². The lowest BCUT2D eigenvalue weighted by atomic mass is 10.2. The monoisotopic (exact) mass is 443 g/mol. The molecule has 0 aliphatic rings. The molecule has 0 saturated carbocycles. The number of thiocarbonyl (C=S) groups is 1. The average Bonchev–Trinajstić information content (AvgIpc) is 3.14. The molecule has 3 aromatic rings. The Morgan fingerprint density at radius 2 is 1.87 bits per heavy atom. The first-order valence-corrected chi connectivity index (χ1v) is 10.6. The van der Waals surface area contributed by atoms with Crippen molar-refractivity contribution in [3.05, 3.63) is 53.6 Å². The Balaban J connectivity index is 1.59. The van der Waals surface area contributed by atoms with Gasteiger partial charge < -0.3 is 14.8 Å². The predicted molar refractivity (Wildman–Crippen MR) is 121 cm³/mol. The second-order valence-corrected chi connectivity index (χ2v) is 7.77. The van der Waals surface area contributed by atoms with E-state index in [1.165, 1.54) is 18.4 Å². The number of aromatic nitrogens is 1. The van der Waals surface area contributed by atoms with Gasteiger partial charge in [0.2, 0.25) is 0 Å². The molecule has 1 heterocycles. The summed E-state index contributed by atoms with van der Waals surface area (Å²) >= 11 is 6.54. The minimum atomic E-state index is -0.413. The van der Waals surface area contributed by atoms with E-state index < -0.39 is 5.97 Å². The molecule has 0 aliphatic heterocycles. The number of unbranched alkanes of at least 4 members (excludes halogenated alkanes) is 1. The van der Waals surface area contributed by atoms with Gasteiger partial charge in [-0.15, -0.1) is 0 Å². The number of rotatable bonds is 7. The first-order valence-electron chi connectivity index (χ1n) is 9.34. The van der Waals surface area contributed by atoms with Crippen molar-refractivity contribution in [1.29, 1.82) is 0 Å². The lowest BCUT2D eigenvalue weighted by Gasteiger charge is -2.08. The van der Waals surface area contributed by atoms with E-state index in [1.54, 1.807) is 42.5 Å². The molecule has 0 atom stereocenters. The molecule has 30 heavy (non-hydrogen) atoms. The molecule has 0 radical (unpaired) electrons. The number of nitrogens with zero attached hydrogens (tertiary/aromatic N) is 1. The van der Waals surface area contributed by atoms with E-state index in [2.05, 4.69) is 22.5 Å². The fraction of sp³-hybridized carbons (Fsp3) is 0.238. The lowest BCUT2D eigenvalue weighted by molar-refractivity contribution is 0.0600. The van der Waals surface area contributed by atoms with E-state index >= 15 is 0 Å². The molecule has 3 rings (SSSR count). The van der Waals surface area contributed by atoms with Crippen LogP contribution in [-0.2, 0) is 4.74 Å². The summed E-state index contributed by atoms with van der Waals surface area (Å²) in [5.41, 5.74) is 1.62. The van der Waals surface area contributed by atoms with Crippen molar-refractivity contribution < 1.29 is 19.1 Å². The van der Waals surface area contributed by atoms with Crippen LogP contribution in [0.4, 0.5) is 5.13 Å². The third-order valence-electron chi connectivity index (χ3n) is 4.14. The van der Waals surface area contributed by atoms with Gasteiger partial charge in [-0.25, -0.2) is 9.78 Å². The predicted octanol–water partition coefficient (Wildman–Crippen LogP) is 4.39. The molecule has 1 amide bonds. The fourth-order valence-corrected chi connectivity index (χ4v) is 3.73. The number of carbonyl (C=O) groups is 2. The minimum absolute atomic E-state index is 0.135. The zero-order valence-electron chi connectivity index (χ0n) is 16.6. The quantitative estimate of drug-likeness (QED) is 0.318. The summed E-state index contributed by atoms with van der Waals surface area (Å²) in [6.45, 7) is 2.75. The van der Waals surface area contributed by atoms with E-state index in [4.69, 9.17) is 21.7 Å². The number of methoxy groups -OCH3 is 1. The van der Waals surface area contributed by atoms with E-state index in [9.17, 15) is 9.59 Å². The number of nitrogens with one attached hydrogen (secondary N) is 2. The fourth-order valence-electron chi connectivity index (χ4n) is 2.56. The number of fused-ring (bicyclic) bond motifs is 1. The molecule has 1 aromatic heterocycles. The Morgan fingerprint density at radius 1 is 1.13 bits per heavy atom. The molecule has 2 N–H and O–H groups in total. The number of benzene rings is 2. The number of hydrogen-bond acceptors (Lipinski definition) is 7. The van der Waals surface area contributed by atoms with Crippen LogP contribution in [0.3, 0.4) is 0 Å². The average molecular weight is 444 g/mol. The van der Waals surface area contributed by atoms with Crippen LogP contribution in [0, 0.1) is 0 Å². The number of carbonyl (C=O) groups excluding carboxylic acids is 2. The van der Waals surface area contributed by atoms with Gasteiger partial charge in [0.05, 0.1) is 29.5 Å². The van der Waals surface area contributed by atoms with Crippen molar-refractivity contribution in [2.75, 3.05) is 19.0 Å². The van der Waals surface area contributed by atoms with Crippen molar-refractivity contribution in [1.82, 2.24) is 10.3 Å². The molecule has 156 valence electrons. The van der Waals surface area contributed by atoms with Crippen LogP contribution < -0.4 is 15.4 Å². The highest BCUT2D eigenvalue weighted by Gasteiger charge is 2.12. The zero-order valence-corrected chi connectivity index (χ0v) is 18.2. The highest BCUT2D eigenvalue weighted by molar-refractivity contribution is 7.80. The largest absolute Gasteiger partial charge is 0.494 e. The maximum atomic E-state index is 12.4. The van der Waals surface area contributed by atoms with Gasteiger partial charge in [-0.1, -0.05) is 24.7 Å². The van der Waals surface area contributed by atoms with Crippen LogP contribution in [-0.4, -0.2) is 35.7 Å². The van der Waals surface area contributed by atoms with E-state index in [1.807, 2.05) is 0 Å². The van der Waals surface area contributed by atoms with E-state index in [-0.39, 0.29) is 11.0 Å². The summed E-state index contributed by atoms with van der Waals surface area (Å²) in [4.78, 5) is 28.5. The Labute approximate surface area is 183 Å². The number of ether oxygens (including phenoxy) is 2. The van der Waals surface area contributed by atoms with Crippen molar-refractivity contribution in [2.45, 2.75) is 19.8 Å². The third-order valence-corrected chi connectivity index (χ3v) is 5.28. The molecule has 2 aromatic carbocycles. The highest BCUT2D eigenvalue weighted by Crippen LogP contribution is 2.27. The summed E-state index contributed by atoms with van der Waals surface area (Å²) in [6.07, 6.45) is 2.05. The third kappa shape index (κ3) is 5.52. The summed E-state index contributed by atoms with van der Waals surface area (Å²) < 4.78 is 11.1. The maximum absolute atomic E-state index is 12.4. The van der Waals surface area contributed by atoms with E-state index in [0.29, 0.717) is 28.4 Å². The lowest BCUT2D eigenvalue weighted by Crippen LogP contribution is -2.34. The molecule has 0 bridgehead atoms. The van der Waals surface area contributed by atoms with Crippen molar-refractivity contribution in [3.8, 4) is 5.75 Å².